The molecule has 0 saturated heterocycles. The molecule has 2 amide bonds. The van der Waals surface area contributed by atoms with Crippen LogP contribution in [0.3, 0.4) is 0 Å². The van der Waals surface area contributed by atoms with E-state index in [9.17, 15) is 14.4 Å². The molecule has 0 aliphatic carbocycles. The maximum absolute atomic E-state index is 12.2. The molecule has 0 unspecified atom stereocenters. The fourth-order valence-corrected chi connectivity index (χ4v) is 2.22. The normalized spacial score (nSPS) is 11.7. The van der Waals surface area contributed by atoms with Crippen molar-refractivity contribution in [2.45, 2.75) is 32.9 Å². The first-order valence-electron chi connectivity index (χ1n) is 8.31. The first-order valence-corrected chi connectivity index (χ1v) is 8.31. The van der Waals surface area contributed by atoms with Gasteiger partial charge in [-0.1, -0.05) is 44.2 Å². The minimum atomic E-state index is -0.685. The molecule has 0 bridgehead atoms. The first-order chi connectivity index (χ1) is 11.9. The van der Waals surface area contributed by atoms with Crippen molar-refractivity contribution in [1.29, 1.82) is 0 Å². The maximum Gasteiger partial charge on any atom is 0.325 e. The average molecular weight is 349 g/mol. The molecule has 0 fully saturated rings. The van der Waals surface area contributed by atoms with E-state index in [0.717, 1.165) is 5.56 Å². The molecule has 0 spiro atoms. The number of benzene rings is 1. The highest BCUT2D eigenvalue weighted by molar-refractivity contribution is 5.90. The summed E-state index contributed by atoms with van der Waals surface area (Å²) in [6.07, 6.45) is 0.484. The fourth-order valence-electron chi connectivity index (χ4n) is 2.22. The summed E-state index contributed by atoms with van der Waals surface area (Å²) >= 11 is 0. The second kappa shape index (κ2) is 11.2. The first kappa shape index (κ1) is 20.6. The summed E-state index contributed by atoms with van der Waals surface area (Å²) in [5.41, 5.74) is 1.07. The Balaban J connectivity index is 2.45. The van der Waals surface area contributed by atoms with Gasteiger partial charge in [0.2, 0.25) is 11.8 Å². The van der Waals surface area contributed by atoms with Crippen LogP contribution in [-0.4, -0.2) is 44.0 Å². The van der Waals surface area contributed by atoms with Crippen LogP contribution >= 0.6 is 0 Å². The third kappa shape index (κ3) is 8.85. The van der Waals surface area contributed by atoms with E-state index in [0.29, 0.717) is 13.0 Å². The van der Waals surface area contributed by atoms with Gasteiger partial charge < -0.3 is 20.7 Å². The van der Waals surface area contributed by atoms with E-state index in [-0.39, 0.29) is 24.9 Å². The van der Waals surface area contributed by atoms with Crippen LogP contribution in [0.4, 0.5) is 0 Å². The Morgan fingerprint density at radius 3 is 2.36 bits per heavy atom. The van der Waals surface area contributed by atoms with Crippen LogP contribution in [-0.2, 0) is 25.7 Å². The molecule has 0 aliphatic rings. The van der Waals surface area contributed by atoms with Gasteiger partial charge in [0.15, 0.2) is 0 Å². The molecule has 0 aliphatic heterocycles. The summed E-state index contributed by atoms with van der Waals surface area (Å²) in [7, 11) is 1.25. The zero-order valence-corrected chi connectivity index (χ0v) is 15.0. The van der Waals surface area contributed by atoms with Crippen molar-refractivity contribution in [3.8, 4) is 0 Å². The predicted molar refractivity (Wildman–Crippen MR) is 94.6 cm³/mol. The van der Waals surface area contributed by atoms with Crippen molar-refractivity contribution < 1.29 is 19.1 Å². The molecular weight excluding hydrogens is 322 g/mol. The Kier molecular flexibility index (Phi) is 9.24. The van der Waals surface area contributed by atoms with E-state index >= 15 is 0 Å². The van der Waals surface area contributed by atoms with Crippen molar-refractivity contribution in [2.24, 2.45) is 5.92 Å². The monoisotopic (exact) mass is 349 g/mol. The number of amides is 2. The van der Waals surface area contributed by atoms with Gasteiger partial charge in [0.05, 0.1) is 13.7 Å². The largest absolute Gasteiger partial charge is 0.468 e. The number of ether oxygens (including phenoxy) is 1. The summed E-state index contributed by atoms with van der Waals surface area (Å²) in [6, 6.07) is 9.04. The lowest BCUT2D eigenvalue weighted by atomic mass is 10.0. The Hall–Kier alpha value is -2.41. The molecule has 138 valence electrons. The van der Waals surface area contributed by atoms with Crippen LogP contribution in [0.5, 0.6) is 0 Å². The molecule has 7 nitrogen and oxygen atoms in total. The van der Waals surface area contributed by atoms with Gasteiger partial charge in [-0.05, 0) is 17.9 Å². The Morgan fingerprint density at radius 1 is 1.08 bits per heavy atom. The van der Waals surface area contributed by atoms with E-state index in [1.165, 1.54) is 7.11 Å². The predicted octanol–water partition coefficient (Wildman–Crippen LogP) is 0.596. The van der Waals surface area contributed by atoms with E-state index in [2.05, 4.69) is 20.7 Å². The molecule has 7 heteroatoms. The number of hydrogen-bond donors (Lipinski definition) is 3. The Bertz CT molecular complexity index is 561. The molecule has 25 heavy (non-hydrogen) atoms. The molecule has 0 saturated carbocycles. The van der Waals surface area contributed by atoms with Gasteiger partial charge in [0, 0.05) is 6.54 Å². The summed E-state index contributed by atoms with van der Waals surface area (Å²) in [5, 5.41) is 8.23. The lowest BCUT2D eigenvalue weighted by Gasteiger charge is -2.20. The van der Waals surface area contributed by atoms with Gasteiger partial charge in [0.1, 0.15) is 12.6 Å². The molecule has 0 aromatic heterocycles. The second-order valence-corrected chi connectivity index (χ2v) is 6.13. The Morgan fingerprint density at radius 2 is 1.76 bits per heavy atom. The van der Waals surface area contributed by atoms with E-state index in [1.807, 2.05) is 44.2 Å². The van der Waals surface area contributed by atoms with E-state index in [1.54, 1.807) is 0 Å². The number of hydrogen-bond acceptors (Lipinski definition) is 5. The van der Waals surface area contributed by atoms with Crippen molar-refractivity contribution in [3.63, 3.8) is 0 Å². The van der Waals surface area contributed by atoms with Gasteiger partial charge in [-0.15, -0.1) is 0 Å². The number of carbonyl (C=O) groups is 3. The van der Waals surface area contributed by atoms with Crippen molar-refractivity contribution >= 4 is 17.8 Å². The highest BCUT2D eigenvalue weighted by Gasteiger charge is 2.22. The SMILES string of the molecule is COC(=O)CNC(=O)[C@H](CC(C)C)NC(=O)CNCc1ccccc1. The van der Waals surface area contributed by atoms with E-state index in [4.69, 9.17) is 0 Å². The fraction of sp³-hybridized carbons (Fsp3) is 0.500. The summed E-state index contributed by atoms with van der Waals surface area (Å²) in [4.78, 5) is 35.4. The van der Waals surface area contributed by atoms with Gasteiger partial charge in [-0.2, -0.15) is 0 Å². The van der Waals surface area contributed by atoms with Crippen LogP contribution in [0.25, 0.3) is 0 Å². The highest BCUT2D eigenvalue weighted by Crippen LogP contribution is 2.05. The number of carbonyl (C=O) groups excluding carboxylic acids is 3. The molecule has 1 atom stereocenters. The van der Waals surface area contributed by atoms with Crippen molar-refractivity contribution in [3.05, 3.63) is 35.9 Å². The smallest absolute Gasteiger partial charge is 0.325 e. The third-order valence-electron chi connectivity index (χ3n) is 3.45. The van der Waals surface area contributed by atoms with Gasteiger partial charge in [-0.25, -0.2) is 0 Å². The highest BCUT2D eigenvalue weighted by atomic mass is 16.5. The molecule has 0 radical (unpaired) electrons. The van der Waals surface area contributed by atoms with Crippen LogP contribution in [0, 0.1) is 5.92 Å². The lowest BCUT2D eigenvalue weighted by molar-refractivity contribution is -0.141. The minimum Gasteiger partial charge on any atom is -0.468 e. The molecule has 1 aromatic rings. The van der Waals surface area contributed by atoms with Crippen LogP contribution in [0.1, 0.15) is 25.8 Å². The number of methoxy groups -OCH3 is 1. The summed E-state index contributed by atoms with van der Waals surface area (Å²) < 4.78 is 4.49. The van der Waals surface area contributed by atoms with Gasteiger partial charge in [0.25, 0.3) is 0 Å². The Labute approximate surface area is 148 Å². The third-order valence-corrected chi connectivity index (χ3v) is 3.45. The average Bonchev–Trinajstić information content (AvgIpc) is 2.59. The minimum absolute atomic E-state index is 0.105. The topological polar surface area (TPSA) is 96.5 Å². The zero-order valence-electron chi connectivity index (χ0n) is 15.0. The number of esters is 1. The van der Waals surface area contributed by atoms with Crippen LogP contribution in [0.2, 0.25) is 0 Å². The summed E-state index contributed by atoms with van der Waals surface area (Å²) in [5.74, 6) is -0.982. The summed E-state index contributed by atoms with van der Waals surface area (Å²) in [6.45, 7) is 4.37. The van der Waals surface area contributed by atoms with Crippen LogP contribution in [0.15, 0.2) is 30.3 Å². The van der Waals surface area contributed by atoms with Crippen molar-refractivity contribution in [1.82, 2.24) is 16.0 Å². The number of rotatable bonds is 10. The molecule has 1 aromatic carbocycles. The molecule has 1 rings (SSSR count). The molecule has 3 N–H and O–H groups in total. The number of nitrogens with one attached hydrogen (secondary N) is 3. The van der Waals surface area contributed by atoms with E-state index < -0.39 is 17.9 Å². The lowest BCUT2D eigenvalue weighted by Crippen LogP contribution is -2.50. The molecular formula is C18H27N3O4. The van der Waals surface area contributed by atoms with Crippen LogP contribution < -0.4 is 16.0 Å². The van der Waals surface area contributed by atoms with Gasteiger partial charge >= 0.3 is 5.97 Å². The maximum atomic E-state index is 12.2. The standard InChI is InChI=1S/C18H27N3O4/c1-13(2)9-15(18(24)20-12-17(23)25-3)21-16(22)11-19-10-14-7-5-4-6-8-14/h4-8,13,15,19H,9-12H2,1-3H3,(H,20,24)(H,21,22)/t15-/m0/s1. The van der Waals surface area contributed by atoms with Crippen molar-refractivity contribution in [2.75, 3.05) is 20.2 Å². The molecule has 0 heterocycles. The zero-order chi connectivity index (χ0) is 18.7. The van der Waals surface area contributed by atoms with Gasteiger partial charge in [-0.3, -0.25) is 14.4 Å². The second-order valence-electron chi connectivity index (χ2n) is 6.13. The quantitative estimate of drug-likeness (QED) is 0.538.